The molecule has 0 fully saturated rings. The molecule has 0 spiro atoms. The van der Waals surface area contributed by atoms with Gasteiger partial charge in [-0.05, 0) is 13.2 Å². The highest BCUT2D eigenvalue weighted by Gasteiger charge is 2.11. The minimum Gasteiger partial charge on any atom is -0.492 e. The molecule has 0 saturated carbocycles. The first kappa shape index (κ1) is 10.3. The number of aromatic hydroxyl groups is 1. The van der Waals surface area contributed by atoms with Gasteiger partial charge in [0.15, 0.2) is 0 Å². The molecule has 0 atom stereocenters. The lowest BCUT2D eigenvalue weighted by Gasteiger charge is -2.08. The lowest BCUT2D eigenvalue weighted by atomic mass is 10.2. The monoisotopic (exact) mass is 198 g/mol. The molecular formula is C9H14N2OS. The van der Waals surface area contributed by atoms with Crippen LogP contribution in [0.25, 0.3) is 0 Å². The van der Waals surface area contributed by atoms with E-state index in [4.69, 9.17) is 0 Å². The molecule has 1 aromatic heterocycles. The fraction of sp³-hybridized carbons (Fsp3) is 0.556. The number of aryl methyl sites for hydroxylation is 1. The zero-order chi connectivity index (χ0) is 10.0. The van der Waals surface area contributed by atoms with Crippen LogP contribution in [0.2, 0.25) is 0 Å². The van der Waals surface area contributed by atoms with E-state index in [0.29, 0.717) is 5.82 Å². The van der Waals surface area contributed by atoms with Gasteiger partial charge in [-0.3, -0.25) is 0 Å². The molecule has 3 nitrogen and oxygen atoms in total. The molecule has 0 unspecified atom stereocenters. The number of nitrogens with zero attached hydrogens (tertiary/aromatic N) is 2. The van der Waals surface area contributed by atoms with E-state index in [1.807, 2.05) is 27.0 Å². The van der Waals surface area contributed by atoms with Gasteiger partial charge in [-0.25, -0.2) is 4.98 Å². The molecule has 0 aliphatic rings. The number of thioether (sulfide) groups is 1. The normalized spacial score (nSPS) is 10.8. The Morgan fingerprint density at radius 3 is 2.31 bits per heavy atom. The van der Waals surface area contributed by atoms with E-state index in [9.17, 15) is 5.11 Å². The van der Waals surface area contributed by atoms with E-state index >= 15 is 0 Å². The first-order chi connectivity index (χ1) is 6.06. The van der Waals surface area contributed by atoms with Crippen LogP contribution < -0.4 is 0 Å². The van der Waals surface area contributed by atoms with Gasteiger partial charge in [-0.2, -0.15) is 4.98 Å². The van der Waals surface area contributed by atoms with Gasteiger partial charge in [0.1, 0.15) is 5.82 Å². The molecular weight excluding hydrogens is 184 g/mol. The summed E-state index contributed by atoms with van der Waals surface area (Å²) in [5.41, 5.74) is 0.851. The van der Waals surface area contributed by atoms with Crippen molar-refractivity contribution in [2.45, 2.75) is 31.6 Å². The van der Waals surface area contributed by atoms with Crippen LogP contribution in [0.15, 0.2) is 4.90 Å². The van der Waals surface area contributed by atoms with Crippen molar-refractivity contribution in [2.24, 2.45) is 0 Å². The topological polar surface area (TPSA) is 46.0 Å². The maximum atomic E-state index is 9.55. The molecule has 0 bridgehead atoms. The van der Waals surface area contributed by atoms with Crippen molar-refractivity contribution in [3.8, 4) is 5.88 Å². The number of hydrogen-bond donors (Lipinski definition) is 1. The minimum absolute atomic E-state index is 0.101. The quantitative estimate of drug-likeness (QED) is 0.741. The van der Waals surface area contributed by atoms with Crippen molar-refractivity contribution in [3.63, 3.8) is 0 Å². The molecule has 1 rings (SSSR count). The second-order valence-corrected chi connectivity index (χ2v) is 4.00. The van der Waals surface area contributed by atoms with E-state index in [2.05, 4.69) is 9.97 Å². The highest BCUT2D eigenvalue weighted by Crippen LogP contribution is 2.28. The fourth-order valence-corrected chi connectivity index (χ4v) is 1.64. The van der Waals surface area contributed by atoms with Crippen LogP contribution in [0.1, 0.15) is 31.3 Å². The van der Waals surface area contributed by atoms with Crippen molar-refractivity contribution in [3.05, 3.63) is 11.5 Å². The first-order valence-electron chi connectivity index (χ1n) is 4.17. The zero-order valence-electron chi connectivity index (χ0n) is 8.33. The van der Waals surface area contributed by atoms with E-state index in [0.717, 1.165) is 10.6 Å². The van der Waals surface area contributed by atoms with Gasteiger partial charge in [0.25, 0.3) is 0 Å². The smallest absolute Gasteiger partial charge is 0.228 e. The molecule has 1 heterocycles. The molecule has 4 heteroatoms. The first-order valence-corrected chi connectivity index (χ1v) is 5.40. The lowest BCUT2D eigenvalue weighted by Crippen LogP contribution is -2.00. The summed E-state index contributed by atoms with van der Waals surface area (Å²) >= 11 is 1.47. The fourth-order valence-electron chi connectivity index (χ4n) is 1.07. The maximum absolute atomic E-state index is 9.55. The Balaban J connectivity index is 3.20. The summed E-state index contributed by atoms with van der Waals surface area (Å²) in [6, 6.07) is 0. The third-order valence-corrected chi connectivity index (χ3v) is 2.64. The Hall–Kier alpha value is -0.770. The Morgan fingerprint density at radius 1 is 1.31 bits per heavy atom. The summed E-state index contributed by atoms with van der Waals surface area (Å²) < 4.78 is 0. The summed E-state index contributed by atoms with van der Waals surface area (Å²) in [6.07, 6.45) is 1.90. The predicted molar refractivity (Wildman–Crippen MR) is 54.3 cm³/mol. The predicted octanol–water partition coefficient (Wildman–Crippen LogP) is 2.34. The van der Waals surface area contributed by atoms with Crippen LogP contribution in [0, 0.1) is 6.92 Å². The average Bonchev–Trinajstić information content (AvgIpc) is 2.03. The summed E-state index contributed by atoms with van der Waals surface area (Å²) in [4.78, 5) is 9.11. The van der Waals surface area contributed by atoms with E-state index in [-0.39, 0.29) is 11.8 Å². The highest BCUT2D eigenvalue weighted by molar-refractivity contribution is 7.98. The van der Waals surface area contributed by atoms with Crippen molar-refractivity contribution < 1.29 is 5.11 Å². The van der Waals surface area contributed by atoms with Gasteiger partial charge < -0.3 is 5.11 Å². The van der Waals surface area contributed by atoms with Crippen LogP contribution in [-0.4, -0.2) is 21.3 Å². The van der Waals surface area contributed by atoms with Crippen LogP contribution in [0.5, 0.6) is 5.88 Å². The summed E-state index contributed by atoms with van der Waals surface area (Å²) in [7, 11) is 0. The van der Waals surface area contributed by atoms with Gasteiger partial charge in [0.05, 0.1) is 10.6 Å². The minimum atomic E-state index is 0.101. The van der Waals surface area contributed by atoms with E-state index in [1.165, 1.54) is 11.8 Å². The van der Waals surface area contributed by atoms with Crippen molar-refractivity contribution >= 4 is 11.8 Å². The molecule has 0 aromatic carbocycles. The second-order valence-electron chi connectivity index (χ2n) is 3.18. The second kappa shape index (κ2) is 3.96. The maximum Gasteiger partial charge on any atom is 0.228 e. The molecule has 1 N–H and O–H groups in total. The largest absolute Gasteiger partial charge is 0.492 e. The molecule has 1 aromatic rings. The van der Waals surface area contributed by atoms with Crippen molar-refractivity contribution in [1.82, 2.24) is 9.97 Å². The zero-order valence-corrected chi connectivity index (χ0v) is 9.14. The van der Waals surface area contributed by atoms with Crippen molar-refractivity contribution in [2.75, 3.05) is 6.26 Å². The number of rotatable bonds is 2. The summed E-state index contributed by atoms with van der Waals surface area (Å²) in [5.74, 6) is 1.05. The Bertz CT molecular complexity index is 289. The third-order valence-electron chi connectivity index (χ3n) is 1.75. The molecule has 0 saturated heterocycles. The Labute approximate surface area is 82.6 Å². The molecule has 72 valence electrons. The van der Waals surface area contributed by atoms with Gasteiger partial charge in [0.2, 0.25) is 5.88 Å². The summed E-state index contributed by atoms with van der Waals surface area (Å²) in [6.45, 7) is 5.90. The molecule has 0 amide bonds. The molecule has 0 radical (unpaired) electrons. The van der Waals surface area contributed by atoms with Crippen LogP contribution in [0.4, 0.5) is 0 Å². The van der Waals surface area contributed by atoms with Crippen LogP contribution in [-0.2, 0) is 0 Å². The average molecular weight is 198 g/mol. The third kappa shape index (κ3) is 2.12. The Morgan fingerprint density at radius 2 is 1.92 bits per heavy atom. The lowest BCUT2D eigenvalue weighted by molar-refractivity contribution is 0.431. The van der Waals surface area contributed by atoms with Gasteiger partial charge >= 0.3 is 0 Å². The SMILES string of the molecule is CSc1c(C)nc(C(C)C)nc1O. The number of aromatic nitrogens is 2. The molecule has 13 heavy (non-hydrogen) atoms. The molecule has 0 aliphatic carbocycles. The van der Waals surface area contributed by atoms with Crippen LogP contribution >= 0.6 is 11.8 Å². The van der Waals surface area contributed by atoms with Gasteiger partial charge in [-0.1, -0.05) is 13.8 Å². The van der Waals surface area contributed by atoms with Gasteiger partial charge in [0, 0.05) is 5.92 Å². The van der Waals surface area contributed by atoms with Crippen molar-refractivity contribution in [1.29, 1.82) is 0 Å². The van der Waals surface area contributed by atoms with E-state index < -0.39 is 0 Å². The standard InChI is InChI=1S/C9H14N2OS/c1-5(2)8-10-6(3)7(13-4)9(12)11-8/h5H,1-4H3,(H,10,11,12). The summed E-state index contributed by atoms with van der Waals surface area (Å²) in [5, 5.41) is 9.55. The van der Waals surface area contributed by atoms with E-state index in [1.54, 1.807) is 0 Å². The Kier molecular flexibility index (Phi) is 3.14. The van der Waals surface area contributed by atoms with Crippen LogP contribution in [0.3, 0.4) is 0 Å². The van der Waals surface area contributed by atoms with Gasteiger partial charge in [-0.15, -0.1) is 11.8 Å². The number of hydrogen-bond acceptors (Lipinski definition) is 4. The molecule has 0 aliphatic heterocycles. The highest BCUT2D eigenvalue weighted by atomic mass is 32.2.